The van der Waals surface area contributed by atoms with Crippen molar-refractivity contribution in [3.8, 4) is 33.6 Å². The van der Waals surface area contributed by atoms with Gasteiger partial charge in [0.25, 0.3) is 0 Å². The summed E-state index contributed by atoms with van der Waals surface area (Å²) in [5.74, 6) is 3.72. The summed E-state index contributed by atoms with van der Waals surface area (Å²) in [7, 11) is 2.67. The van der Waals surface area contributed by atoms with Crippen molar-refractivity contribution in [1.82, 2.24) is 40.4 Å². The minimum absolute atomic E-state index is 0.0581. The first-order valence-corrected chi connectivity index (χ1v) is 31.6. The van der Waals surface area contributed by atoms with Crippen molar-refractivity contribution in [3.05, 3.63) is 138 Å². The molecule has 4 heterocycles. The van der Waals surface area contributed by atoms with Gasteiger partial charge in [0, 0.05) is 35.6 Å². The maximum atomic E-state index is 14.4. The molecule has 0 unspecified atom stereocenters. The lowest BCUT2D eigenvalue weighted by atomic mass is 9.84. The van der Waals surface area contributed by atoms with Crippen LogP contribution in [-0.2, 0) is 31.9 Å². The molecule has 4 fully saturated rings. The number of hydrogen-bond acceptors (Lipinski definition) is 10. The first-order chi connectivity index (χ1) is 38.9. The smallest absolute Gasteiger partial charge is 0.407 e. The number of rotatable bonds is 16. The van der Waals surface area contributed by atoms with Gasteiger partial charge in [0.05, 0.1) is 37.7 Å². The second-order valence-corrected chi connectivity index (χ2v) is 24.4. The van der Waals surface area contributed by atoms with Gasteiger partial charge in [0.1, 0.15) is 23.7 Å². The van der Waals surface area contributed by atoms with Crippen molar-refractivity contribution in [3.63, 3.8) is 0 Å². The number of amides is 4. The van der Waals surface area contributed by atoms with Crippen molar-refractivity contribution in [2.45, 2.75) is 139 Å². The summed E-state index contributed by atoms with van der Waals surface area (Å²) in [6, 6.07) is 22.6. The van der Waals surface area contributed by atoms with Crippen molar-refractivity contribution in [2.24, 2.45) is 11.8 Å². The van der Waals surface area contributed by atoms with Crippen LogP contribution in [0.2, 0.25) is 0 Å². The van der Waals surface area contributed by atoms with E-state index in [4.69, 9.17) is 19.4 Å². The molecular weight excluding hydrogens is 1040 g/mol. The molecule has 2 aromatic heterocycles. The van der Waals surface area contributed by atoms with E-state index in [1.54, 1.807) is 23.5 Å². The fourth-order valence-corrected chi connectivity index (χ4v) is 14.3. The van der Waals surface area contributed by atoms with Gasteiger partial charge in [-0.3, -0.25) is 9.59 Å². The number of H-pyrrole nitrogens is 2. The number of methoxy groups -OCH3 is 2. The number of hydrogen-bond donors (Lipinski definition) is 4. The molecule has 14 nitrogen and oxygen atoms in total. The van der Waals surface area contributed by atoms with Crippen LogP contribution in [0, 0.1) is 11.8 Å². The molecule has 2 saturated heterocycles. The van der Waals surface area contributed by atoms with E-state index in [9.17, 15) is 19.2 Å². The van der Waals surface area contributed by atoms with E-state index in [1.807, 2.05) is 34.7 Å². The molecule has 5 aromatic rings. The highest BCUT2D eigenvalue weighted by molar-refractivity contribution is 7.98. The average Bonchev–Trinajstić information content (AvgIpc) is 4.51. The number of aryl methyl sites for hydroxylation is 2. The quantitative estimate of drug-likeness (QED) is 0.0744. The Labute approximate surface area is 480 Å². The van der Waals surface area contributed by atoms with Crippen molar-refractivity contribution in [1.29, 1.82) is 0 Å². The van der Waals surface area contributed by atoms with Crippen LogP contribution in [0.5, 0.6) is 0 Å². The minimum atomic E-state index is -0.667. The molecule has 4 aliphatic carbocycles. The lowest BCUT2D eigenvalue weighted by molar-refractivity contribution is -0.138. The number of nitrogens with one attached hydrogen (secondary N) is 4. The summed E-state index contributed by atoms with van der Waals surface area (Å²) in [6.07, 6.45) is 23.5. The van der Waals surface area contributed by atoms with Crippen LogP contribution in [0.25, 0.3) is 39.2 Å². The Morgan fingerprint density at radius 3 is 1.62 bits per heavy atom. The zero-order valence-electron chi connectivity index (χ0n) is 46.9. The van der Waals surface area contributed by atoms with Crippen LogP contribution >= 0.6 is 23.5 Å². The second kappa shape index (κ2) is 25.9. The maximum absolute atomic E-state index is 14.4. The summed E-state index contributed by atoms with van der Waals surface area (Å²) in [6.45, 7) is 9.22. The van der Waals surface area contributed by atoms with E-state index in [2.05, 4.69) is 107 Å². The molecular formula is C64H78N8O6S2. The molecule has 2 aliphatic heterocycles. The van der Waals surface area contributed by atoms with Gasteiger partial charge in [-0.2, -0.15) is 23.5 Å². The summed E-state index contributed by atoms with van der Waals surface area (Å²) in [5, 5.41) is 5.68. The van der Waals surface area contributed by atoms with Gasteiger partial charge in [-0.1, -0.05) is 117 Å². The van der Waals surface area contributed by atoms with Gasteiger partial charge in [-0.05, 0) is 152 Å². The van der Waals surface area contributed by atoms with Gasteiger partial charge in [-0.15, -0.1) is 0 Å². The SMILES string of the molecule is C=C1/C=C(/c2ccc(-c3c[nH]c([C@@H]4C[C@@H]5CCCC[C@@H]5N4C(=O)[C@H](CCSC)NC(=O)OC)n3)cc2)C(=C)CCc2ccc(c(-c3ccc(-c4c[nH]c([C@@H]5C[C@@H]6CCCC[C@@H]6N5C(=O)[C@H](CCSC)NC(=O)OC)n4)cc3)c2)CC1. The number of aromatic nitrogens is 4. The molecule has 80 heavy (non-hydrogen) atoms. The van der Waals surface area contributed by atoms with E-state index in [1.165, 1.54) is 30.9 Å². The highest BCUT2D eigenvalue weighted by Crippen LogP contribution is 2.48. The molecule has 11 rings (SSSR count). The fraction of sp³-hybridized carbons (Fsp3) is 0.469. The molecule has 8 atom stereocenters. The van der Waals surface area contributed by atoms with Gasteiger partial charge >= 0.3 is 12.2 Å². The Morgan fingerprint density at radius 1 is 0.637 bits per heavy atom. The molecule has 2 bridgehead atoms. The standard InChI is InChI=1S/C64H78N8O6S2/c1-39-15-19-43-20-18-41(34-50(43)44-23-27-46(28-24-44)54-38-66-60(68-54)58-36-48-12-8-10-14-56(48)72(58)62(74)52(30-32-80-6)70-64(76)78-4)17-16-40(2)49(33-39)42-21-25-45(26-22-42)53-37-65-59(67-53)57-35-47-11-7-9-13-55(47)71(57)61(73)51(29-31-79-5)69-63(75)77-3/h18,20-28,33-34,37-38,47-48,51-52,55-58H,1-2,7-17,19,29-32,35-36H2,3-6H3,(H,65,67)(H,66,68)(H,69,75)(H,70,76)/b49-33+/t47-,48-,51-,52-,55-,56-,57-,58-/m0/s1. The van der Waals surface area contributed by atoms with Crippen LogP contribution in [0.1, 0.15) is 130 Å². The van der Waals surface area contributed by atoms with Gasteiger partial charge in [0.2, 0.25) is 11.8 Å². The highest BCUT2D eigenvalue weighted by Gasteiger charge is 2.49. The Bertz CT molecular complexity index is 3080. The Hall–Kier alpha value is -6.52. The van der Waals surface area contributed by atoms with Crippen LogP contribution in [0.4, 0.5) is 9.59 Å². The number of benzene rings is 3. The van der Waals surface area contributed by atoms with E-state index in [-0.39, 0.29) is 36.0 Å². The van der Waals surface area contributed by atoms with Crippen molar-refractivity contribution in [2.75, 3.05) is 38.2 Å². The second-order valence-electron chi connectivity index (χ2n) is 22.5. The number of fused-ring (bicyclic) bond motifs is 10. The van der Waals surface area contributed by atoms with Gasteiger partial charge in [-0.25, -0.2) is 19.6 Å². The number of ether oxygens (including phenoxy) is 2. The third-order valence-electron chi connectivity index (χ3n) is 17.6. The summed E-state index contributed by atoms with van der Waals surface area (Å²) in [4.78, 5) is 75.0. The van der Waals surface area contributed by atoms with E-state index >= 15 is 0 Å². The molecule has 4 N–H and O–H groups in total. The third kappa shape index (κ3) is 12.5. The fourth-order valence-electron chi connectivity index (χ4n) is 13.4. The van der Waals surface area contributed by atoms with Crippen molar-refractivity contribution >= 4 is 53.1 Å². The number of nitrogens with zero attached hydrogens (tertiary/aromatic N) is 4. The van der Waals surface area contributed by atoms with Crippen LogP contribution in [0.15, 0.2) is 110 Å². The highest BCUT2D eigenvalue weighted by atomic mass is 32.2. The molecule has 0 spiro atoms. The molecule has 0 radical (unpaired) electrons. The minimum Gasteiger partial charge on any atom is -0.453 e. The summed E-state index contributed by atoms with van der Waals surface area (Å²) in [5.41, 5.74) is 12.8. The van der Waals surface area contributed by atoms with Crippen LogP contribution < -0.4 is 10.6 Å². The van der Waals surface area contributed by atoms with E-state index < -0.39 is 24.3 Å². The number of likely N-dealkylation sites (tertiary alicyclic amines) is 2. The first-order valence-electron chi connectivity index (χ1n) is 28.8. The average molecular weight is 1120 g/mol. The van der Waals surface area contributed by atoms with Gasteiger partial charge < -0.3 is 39.9 Å². The van der Waals surface area contributed by atoms with E-state index in [0.717, 1.165) is 163 Å². The predicted octanol–water partition coefficient (Wildman–Crippen LogP) is 12.8. The normalized spacial score (nSPS) is 23.4. The Balaban J connectivity index is 0.821. The van der Waals surface area contributed by atoms with Crippen LogP contribution in [-0.4, -0.2) is 116 Å². The topological polar surface area (TPSA) is 175 Å². The lowest BCUT2D eigenvalue weighted by Crippen LogP contribution is -2.52. The molecule has 16 heteroatoms. The van der Waals surface area contributed by atoms with Gasteiger partial charge in [0.15, 0.2) is 0 Å². The molecule has 2 saturated carbocycles. The predicted molar refractivity (Wildman–Crippen MR) is 321 cm³/mol. The largest absolute Gasteiger partial charge is 0.453 e. The summed E-state index contributed by atoms with van der Waals surface area (Å²) >= 11 is 3.31. The number of aromatic amines is 2. The number of carbonyl (C=O) groups is 4. The molecule has 6 aliphatic rings. The zero-order chi connectivity index (χ0) is 55.9. The zero-order valence-corrected chi connectivity index (χ0v) is 48.5. The maximum Gasteiger partial charge on any atom is 0.407 e. The summed E-state index contributed by atoms with van der Waals surface area (Å²) < 4.78 is 9.87. The Morgan fingerprint density at radius 2 is 1.12 bits per heavy atom. The number of allylic oxidation sites excluding steroid dienone is 4. The molecule has 3 aromatic carbocycles. The Kier molecular flexibility index (Phi) is 18.4. The van der Waals surface area contributed by atoms with Crippen LogP contribution in [0.3, 0.4) is 0 Å². The number of imidazole rings is 2. The van der Waals surface area contributed by atoms with Crippen molar-refractivity contribution < 1.29 is 28.7 Å². The third-order valence-corrected chi connectivity index (χ3v) is 18.9. The number of thioether (sulfide) groups is 2. The number of carbonyl (C=O) groups excluding carboxylic acids is 4. The van der Waals surface area contributed by atoms with E-state index in [0.29, 0.717) is 24.7 Å². The number of alkyl carbamates (subject to hydrolysis) is 2. The monoisotopic (exact) mass is 1120 g/mol. The lowest BCUT2D eigenvalue weighted by Gasteiger charge is -2.36. The molecule has 422 valence electrons. The molecule has 4 amide bonds. The first kappa shape index (κ1) is 56.7.